The molecule has 0 bridgehead atoms. The highest BCUT2D eigenvalue weighted by Crippen LogP contribution is 2.34. The molecule has 2 aromatic carbocycles. The lowest BCUT2D eigenvalue weighted by Gasteiger charge is -2.27. The first kappa shape index (κ1) is 25.2. The minimum atomic E-state index is -3.68. The van der Waals surface area contributed by atoms with E-state index in [1.807, 2.05) is 0 Å². The Morgan fingerprint density at radius 3 is 2.67 bits per heavy atom. The molecule has 0 radical (unpaired) electrons. The van der Waals surface area contributed by atoms with Crippen molar-refractivity contribution in [3.8, 4) is 0 Å². The number of fused-ring (bicyclic) bond motifs is 1. The number of alkyl halides is 2. The van der Waals surface area contributed by atoms with E-state index >= 15 is 0 Å². The fourth-order valence-corrected chi connectivity index (χ4v) is 4.38. The fourth-order valence-electron chi connectivity index (χ4n) is 3.84. The summed E-state index contributed by atoms with van der Waals surface area (Å²) in [5, 5.41) is 5.55. The predicted octanol–water partition coefficient (Wildman–Crippen LogP) is 3.79. The van der Waals surface area contributed by atoms with Gasteiger partial charge in [0.25, 0.3) is 0 Å². The van der Waals surface area contributed by atoms with Crippen LogP contribution in [0.15, 0.2) is 42.6 Å². The van der Waals surface area contributed by atoms with Gasteiger partial charge in [0.2, 0.25) is 21.9 Å². The molecule has 1 aliphatic heterocycles. The fraction of sp³-hybridized carbons (Fsp3) is 0.261. The molecule has 0 spiro atoms. The Morgan fingerprint density at radius 2 is 1.97 bits per heavy atom. The van der Waals surface area contributed by atoms with Crippen molar-refractivity contribution in [2.24, 2.45) is 0 Å². The second-order valence-electron chi connectivity index (χ2n) is 8.32. The van der Waals surface area contributed by atoms with E-state index in [-0.39, 0.29) is 29.5 Å². The molecule has 0 unspecified atom stereocenters. The van der Waals surface area contributed by atoms with Crippen LogP contribution < -0.4 is 19.8 Å². The number of hydrogen-bond acceptors (Lipinski definition) is 7. The van der Waals surface area contributed by atoms with Crippen molar-refractivity contribution in [2.75, 3.05) is 33.1 Å². The number of benzene rings is 2. The zero-order valence-corrected chi connectivity index (χ0v) is 20.4. The third-order valence-corrected chi connectivity index (χ3v) is 6.85. The van der Waals surface area contributed by atoms with E-state index < -0.39 is 34.8 Å². The number of halogens is 3. The summed E-state index contributed by atoms with van der Waals surface area (Å²) in [6, 6.07) is 9.82. The molecule has 2 heterocycles. The minimum absolute atomic E-state index is 0.163. The van der Waals surface area contributed by atoms with Crippen LogP contribution in [0, 0.1) is 12.7 Å². The Kier molecular flexibility index (Phi) is 6.76. The standard InChI is InChI=1S/C23H23F3N6O3S/c1-13-7-8-18(31(2)36(3,34)35)15(9-13)12-32(22(25)26)21-16(24)11-27-23(30-21)28-17-6-4-5-14-10-19(33)29-20(14)17/h4-9,11,22H,10,12H2,1-3H3,(H,29,33)(H,27,28,30). The number of sulfonamides is 1. The van der Waals surface area contributed by atoms with Gasteiger partial charge < -0.3 is 10.6 Å². The van der Waals surface area contributed by atoms with Gasteiger partial charge in [0.1, 0.15) is 0 Å². The van der Waals surface area contributed by atoms with E-state index in [4.69, 9.17) is 0 Å². The van der Waals surface area contributed by atoms with Gasteiger partial charge in [-0.1, -0.05) is 29.8 Å². The number of amides is 1. The number of carbonyl (C=O) groups excluding carboxylic acids is 1. The molecule has 0 fully saturated rings. The number of nitrogens with one attached hydrogen (secondary N) is 2. The lowest BCUT2D eigenvalue weighted by Crippen LogP contribution is -2.32. The normalized spacial score (nSPS) is 12.9. The van der Waals surface area contributed by atoms with Crippen molar-refractivity contribution in [3.05, 3.63) is 65.1 Å². The Hall–Kier alpha value is -3.87. The first-order valence-corrected chi connectivity index (χ1v) is 12.6. The van der Waals surface area contributed by atoms with Crippen molar-refractivity contribution < 1.29 is 26.4 Å². The molecule has 0 saturated carbocycles. The minimum Gasteiger partial charge on any atom is -0.324 e. The highest BCUT2D eigenvalue weighted by molar-refractivity contribution is 7.92. The number of nitrogens with zero attached hydrogens (tertiary/aromatic N) is 4. The summed E-state index contributed by atoms with van der Waals surface area (Å²) in [4.78, 5) is 20.0. The smallest absolute Gasteiger partial charge is 0.316 e. The highest BCUT2D eigenvalue weighted by Gasteiger charge is 2.27. The number of anilines is 5. The van der Waals surface area contributed by atoms with Crippen molar-refractivity contribution >= 4 is 44.8 Å². The zero-order valence-electron chi connectivity index (χ0n) is 19.6. The number of para-hydroxylation sites is 1. The molecule has 1 amide bonds. The van der Waals surface area contributed by atoms with Crippen LogP contribution in [0.5, 0.6) is 0 Å². The first-order chi connectivity index (χ1) is 16.9. The maximum Gasteiger partial charge on any atom is 0.316 e. The quantitative estimate of drug-likeness (QED) is 0.435. The summed E-state index contributed by atoms with van der Waals surface area (Å²) in [5.74, 6) is -2.12. The Morgan fingerprint density at radius 1 is 1.22 bits per heavy atom. The van der Waals surface area contributed by atoms with Crippen LogP contribution >= 0.6 is 0 Å². The van der Waals surface area contributed by atoms with E-state index in [9.17, 15) is 26.4 Å². The maximum atomic E-state index is 14.7. The van der Waals surface area contributed by atoms with Crippen molar-refractivity contribution in [3.63, 3.8) is 0 Å². The van der Waals surface area contributed by atoms with E-state index in [2.05, 4.69) is 20.6 Å². The second-order valence-corrected chi connectivity index (χ2v) is 10.3. The first-order valence-electron chi connectivity index (χ1n) is 10.7. The van der Waals surface area contributed by atoms with Crippen LogP contribution in [0.1, 0.15) is 16.7 Å². The number of hydrogen-bond donors (Lipinski definition) is 2. The summed E-state index contributed by atoms with van der Waals surface area (Å²) >= 11 is 0. The number of aromatic nitrogens is 2. The van der Waals surface area contributed by atoms with Crippen LogP contribution in [0.3, 0.4) is 0 Å². The highest BCUT2D eigenvalue weighted by atomic mass is 32.2. The third-order valence-electron chi connectivity index (χ3n) is 5.66. The lowest BCUT2D eigenvalue weighted by molar-refractivity contribution is -0.115. The lowest BCUT2D eigenvalue weighted by atomic mass is 10.1. The van der Waals surface area contributed by atoms with E-state index in [0.717, 1.165) is 22.3 Å². The summed E-state index contributed by atoms with van der Waals surface area (Å²) in [7, 11) is -2.38. The van der Waals surface area contributed by atoms with Crippen LogP contribution in [0.25, 0.3) is 0 Å². The molecule has 0 aliphatic carbocycles. The molecule has 1 aromatic heterocycles. The van der Waals surface area contributed by atoms with Gasteiger partial charge >= 0.3 is 6.55 Å². The molecule has 0 atom stereocenters. The average Bonchev–Trinajstić information content (AvgIpc) is 3.19. The zero-order chi connectivity index (χ0) is 26.2. The van der Waals surface area contributed by atoms with Gasteiger partial charge in [0, 0.05) is 7.05 Å². The van der Waals surface area contributed by atoms with Crippen LogP contribution in [-0.2, 0) is 27.8 Å². The molecule has 9 nitrogen and oxygen atoms in total. The summed E-state index contributed by atoms with van der Waals surface area (Å²) < 4.78 is 68.3. The van der Waals surface area contributed by atoms with Gasteiger partial charge in [0.05, 0.1) is 42.5 Å². The second kappa shape index (κ2) is 9.64. The number of carbonyl (C=O) groups is 1. The van der Waals surface area contributed by atoms with Crippen LogP contribution in [0.4, 0.5) is 42.0 Å². The SMILES string of the molecule is Cc1ccc(N(C)S(C)(=O)=O)c(CN(c2nc(Nc3cccc4c3NC(=O)C4)ncc2F)C(F)F)c1. The molecular formula is C23H23F3N6O3S. The van der Waals surface area contributed by atoms with Gasteiger partial charge in [0.15, 0.2) is 11.6 Å². The monoisotopic (exact) mass is 520 g/mol. The summed E-state index contributed by atoms with van der Waals surface area (Å²) in [6.07, 6.45) is 1.95. The van der Waals surface area contributed by atoms with Gasteiger partial charge in [-0.2, -0.15) is 13.8 Å². The molecule has 190 valence electrons. The van der Waals surface area contributed by atoms with E-state index in [1.165, 1.54) is 13.1 Å². The molecule has 0 saturated heterocycles. The maximum absolute atomic E-state index is 14.7. The van der Waals surface area contributed by atoms with E-state index in [1.54, 1.807) is 37.3 Å². The Labute approximate surface area is 206 Å². The molecule has 2 N–H and O–H groups in total. The van der Waals surface area contributed by atoms with Gasteiger partial charge in [-0.05, 0) is 30.2 Å². The van der Waals surface area contributed by atoms with Gasteiger partial charge in [-0.15, -0.1) is 0 Å². The average molecular weight is 521 g/mol. The summed E-state index contributed by atoms with van der Waals surface area (Å²) in [6.45, 7) is -1.97. The predicted molar refractivity (Wildman–Crippen MR) is 131 cm³/mol. The molecule has 36 heavy (non-hydrogen) atoms. The topological polar surface area (TPSA) is 108 Å². The number of aryl methyl sites for hydroxylation is 1. The van der Waals surface area contributed by atoms with E-state index in [0.29, 0.717) is 21.8 Å². The van der Waals surface area contributed by atoms with Gasteiger partial charge in [-0.25, -0.2) is 17.8 Å². The molecular weight excluding hydrogens is 497 g/mol. The summed E-state index contributed by atoms with van der Waals surface area (Å²) in [5.41, 5.74) is 2.79. The van der Waals surface area contributed by atoms with Crippen molar-refractivity contribution in [1.29, 1.82) is 0 Å². The Bertz CT molecular complexity index is 1430. The molecule has 1 aliphatic rings. The van der Waals surface area contributed by atoms with Crippen LogP contribution in [-0.4, -0.2) is 44.1 Å². The van der Waals surface area contributed by atoms with Crippen molar-refractivity contribution in [2.45, 2.75) is 26.4 Å². The molecule has 13 heteroatoms. The Balaban J connectivity index is 1.70. The van der Waals surface area contributed by atoms with Crippen molar-refractivity contribution in [1.82, 2.24) is 9.97 Å². The number of rotatable bonds is 8. The van der Waals surface area contributed by atoms with Crippen LogP contribution in [0.2, 0.25) is 0 Å². The largest absolute Gasteiger partial charge is 0.324 e. The molecule has 3 aromatic rings. The third kappa shape index (κ3) is 5.20. The molecule has 4 rings (SSSR count). The van der Waals surface area contributed by atoms with Gasteiger partial charge in [-0.3, -0.25) is 14.0 Å².